The molecule has 1 aromatic heterocycles. The van der Waals surface area contributed by atoms with E-state index in [2.05, 4.69) is 10.3 Å². The molecule has 0 fully saturated rings. The fourth-order valence-electron chi connectivity index (χ4n) is 2.23. The minimum atomic E-state index is -3.56. The molecule has 0 unspecified atom stereocenters. The first kappa shape index (κ1) is 18.9. The van der Waals surface area contributed by atoms with Gasteiger partial charge in [0.25, 0.3) is 0 Å². The largest absolute Gasteiger partial charge is 0.496 e. The number of carbonyl (C=O) groups is 1. The summed E-state index contributed by atoms with van der Waals surface area (Å²) in [6, 6.07) is 10.7. The molecule has 0 aliphatic rings. The Hall–Kier alpha value is -2.45. The number of para-hydroxylation sites is 1. The molecule has 0 aliphatic heterocycles. The number of amides is 1. The lowest BCUT2D eigenvalue weighted by atomic mass is 10.2. The van der Waals surface area contributed by atoms with Crippen LogP contribution >= 0.6 is 0 Å². The highest BCUT2D eigenvalue weighted by Gasteiger charge is 2.21. The van der Waals surface area contributed by atoms with Crippen LogP contribution in [0.25, 0.3) is 0 Å². The number of sulfonamides is 1. The number of ether oxygens (including phenoxy) is 1. The van der Waals surface area contributed by atoms with Crippen molar-refractivity contribution < 1.29 is 17.9 Å². The molecule has 7 nitrogen and oxygen atoms in total. The number of rotatable bonds is 8. The van der Waals surface area contributed by atoms with Crippen LogP contribution in [0, 0.1) is 0 Å². The first-order valence-corrected chi connectivity index (χ1v) is 9.47. The molecule has 0 radical (unpaired) electrons. The Morgan fingerprint density at radius 3 is 2.64 bits per heavy atom. The number of pyridine rings is 1. The maximum atomic E-state index is 12.1. The van der Waals surface area contributed by atoms with Crippen LogP contribution in [-0.4, -0.2) is 43.5 Å². The molecule has 0 spiro atoms. The predicted octanol–water partition coefficient (Wildman–Crippen LogP) is 1.17. The Balaban J connectivity index is 2.04. The van der Waals surface area contributed by atoms with Crippen molar-refractivity contribution in [3.63, 3.8) is 0 Å². The average molecular weight is 363 g/mol. The second-order valence-corrected chi connectivity index (χ2v) is 7.46. The smallest absolute Gasteiger partial charge is 0.235 e. The zero-order chi connectivity index (χ0) is 18.3. The number of hydrogen-bond donors (Lipinski definition) is 1. The predicted molar refractivity (Wildman–Crippen MR) is 94.3 cm³/mol. The van der Waals surface area contributed by atoms with Gasteiger partial charge in [0.15, 0.2) is 0 Å². The Labute approximate surface area is 147 Å². The Kier molecular flexibility index (Phi) is 6.49. The van der Waals surface area contributed by atoms with Gasteiger partial charge in [0.05, 0.1) is 19.9 Å². The molecule has 1 heterocycles. The molecular weight excluding hydrogens is 342 g/mol. The summed E-state index contributed by atoms with van der Waals surface area (Å²) in [5.74, 6) is 0.191. The van der Waals surface area contributed by atoms with E-state index in [0.29, 0.717) is 17.9 Å². The van der Waals surface area contributed by atoms with Crippen molar-refractivity contribution in [2.75, 3.05) is 19.9 Å². The number of methoxy groups -OCH3 is 1. The summed E-state index contributed by atoms with van der Waals surface area (Å²) in [4.78, 5) is 16.1. The van der Waals surface area contributed by atoms with E-state index in [1.807, 2.05) is 6.07 Å². The molecule has 2 aromatic rings. The number of nitrogens with zero attached hydrogens (tertiary/aromatic N) is 2. The Bertz CT molecular complexity index is 810. The van der Waals surface area contributed by atoms with Gasteiger partial charge in [-0.1, -0.05) is 24.3 Å². The first-order valence-electron chi connectivity index (χ1n) is 7.63. The van der Waals surface area contributed by atoms with Gasteiger partial charge >= 0.3 is 0 Å². The normalized spacial score (nSPS) is 11.3. The molecule has 1 N–H and O–H groups in total. The maximum absolute atomic E-state index is 12.1. The highest BCUT2D eigenvalue weighted by Crippen LogP contribution is 2.20. The molecule has 0 atom stereocenters. The lowest BCUT2D eigenvalue weighted by molar-refractivity contribution is -0.121. The fraction of sp³-hybridized carbons (Fsp3) is 0.294. The van der Waals surface area contributed by atoms with Crippen molar-refractivity contribution in [3.05, 3.63) is 59.9 Å². The zero-order valence-electron chi connectivity index (χ0n) is 14.2. The highest BCUT2D eigenvalue weighted by molar-refractivity contribution is 7.88. The van der Waals surface area contributed by atoms with Gasteiger partial charge in [0.1, 0.15) is 5.75 Å². The van der Waals surface area contributed by atoms with Crippen molar-refractivity contribution in [1.29, 1.82) is 0 Å². The molecular formula is C17H21N3O4S. The van der Waals surface area contributed by atoms with E-state index in [0.717, 1.165) is 16.1 Å². The van der Waals surface area contributed by atoms with Crippen molar-refractivity contribution in [2.45, 2.75) is 13.1 Å². The van der Waals surface area contributed by atoms with Crippen LogP contribution in [0.4, 0.5) is 0 Å². The second kappa shape index (κ2) is 8.59. The van der Waals surface area contributed by atoms with Crippen molar-refractivity contribution in [1.82, 2.24) is 14.6 Å². The zero-order valence-corrected chi connectivity index (χ0v) is 15.0. The van der Waals surface area contributed by atoms with Crippen LogP contribution in [0.1, 0.15) is 11.1 Å². The summed E-state index contributed by atoms with van der Waals surface area (Å²) < 4.78 is 30.4. The van der Waals surface area contributed by atoms with Crippen LogP contribution in [0.3, 0.4) is 0 Å². The summed E-state index contributed by atoms with van der Waals surface area (Å²) in [7, 11) is -2.04. The third kappa shape index (κ3) is 5.84. The molecule has 0 bridgehead atoms. The SMILES string of the molecule is COc1ccccc1CN(CC(=O)NCc1cccnc1)S(C)(=O)=O. The number of carbonyl (C=O) groups excluding carboxylic acids is 1. The molecule has 0 saturated carbocycles. The molecule has 2 rings (SSSR count). The number of benzene rings is 1. The molecule has 134 valence electrons. The van der Waals surface area contributed by atoms with E-state index in [4.69, 9.17) is 4.74 Å². The van der Waals surface area contributed by atoms with E-state index in [1.54, 1.807) is 42.7 Å². The van der Waals surface area contributed by atoms with Crippen LogP contribution in [0.5, 0.6) is 5.75 Å². The minimum Gasteiger partial charge on any atom is -0.496 e. The van der Waals surface area contributed by atoms with Gasteiger partial charge < -0.3 is 10.1 Å². The maximum Gasteiger partial charge on any atom is 0.235 e. The summed E-state index contributed by atoms with van der Waals surface area (Å²) in [6.07, 6.45) is 4.37. The summed E-state index contributed by atoms with van der Waals surface area (Å²) in [6.45, 7) is 0.0826. The van der Waals surface area contributed by atoms with Gasteiger partial charge in [-0.25, -0.2) is 8.42 Å². The first-order chi connectivity index (χ1) is 11.9. The number of aromatic nitrogens is 1. The van der Waals surface area contributed by atoms with E-state index >= 15 is 0 Å². The van der Waals surface area contributed by atoms with Crippen LogP contribution in [0.15, 0.2) is 48.8 Å². The molecule has 0 saturated heterocycles. The summed E-state index contributed by atoms with van der Waals surface area (Å²) in [5, 5.41) is 2.70. The van der Waals surface area contributed by atoms with Crippen molar-refractivity contribution in [2.24, 2.45) is 0 Å². The van der Waals surface area contributed by atoms with Crippen molar-refractivity contribution in [3.8, 4) is 5.75 Å². The molecule has 1 aromatic carbocycles. The minimum absolute atomic E-state index is 0.0587. The van der Waals surface area contributed by atoms with Gasteiger partial charge in [0, 0.05) is 31.0 Å². The Morgan fingerprint density at radius 2 is 2.00 bits per heavy atom. The number of hydrogen-bond acceptors (Lipinski definition) is 5. The third-order valence-electron chi connectivity index (χ3n) is 3.54. The van der Waals surface area contributed by atoms with E-state index in [9.17, 15) is 13.2 Å². The quantitative estimate of drug-likeness (QED) is 0.760. The number of nitrogens with one attached hydrogen (secondary N) is 1. The summed E-state index contributed by atoms with van der Waals surface area (Å²) >= 11 is 0. The monoisotopic (exact) mass is 363 g/mol. The lowest BCUT2D eigenvalue weighted by Crippen LogP contribution is -2.39. The van der Waals surface area contributed by atoms with E-state index in [-0.39, 0.29) is 19.0 Å². The standard InChI is InChI=1S/C17H21N3O4S/c1-24-16-8-4-3-7-15(16)12-20(25(2,22)23)13-17(21)19-11-14-6-5-9-18-10-14/h3-10H,11-13H2,1-2H3,(H,19,21). The fourth-order valence-corrected chi connectivity index (χ4v) is 2.96. The van der Waals surface area contributed by atoms with Gasteiger partial charge in [-0.2, -0.15) is 4.31 Å². The molecule has 8 heteroatoms. The average Bonchev–Trinajstić information content (AvgIpc) is 2.60. The highest BCUT2D eigenvalue weighted by atomic mass is 32.2. The second-order valence-electron chi connectivity index (χ2n) is 5.48. The van der Waals surface area contributed by atoms with Gasteiger partial charge in [0.2, 0.25) is 15.9 Å². The van der Waals surface area contributed by atoms with Gasteiger partial charge in [-0.05, 0) is 17.7 Å². The van der Waals surface area contributed by atoms with Crippen molar-refractivity contribution >= 4 is 15.9 Å². The molecule has 1 amide bonds. The third-order valence-corrected chi connectivity index (χ3v) is 4.74. The van der Waals surface area contributed by atoms with E-state index < -0.39 is 10.0 Å². The van der Waals surface area contributed by atoms with Crippen LogP contribution in [-0.2, 0) is 27.9 Å². The van der Waals surface area contributed by atoms with Gasteiger partial charge in [-0.3, -0.25) is 9.78 Å². The van der Waals surface area contributed by atoms with E-state index in [1.165, 1.54) is 7.11 Å². The van der Waals surface area contributed by atoms with Crippen LogP contribution in [0.2, 0.25) is 0 Å². The lowest BCUT2D eigenvalue weighted by Gasteiger charge is -2.20. The van der Waals surface area contributed by atoms with Crippen LogP contribution < -0.4 is 10.1 Å². The topological polar surface area (TPSA) is 88.6 Å². The Morgan fingerprint density at radius 1 is 1.24 bits per heavy atom. The van der Waals surface area contributed by atoms with Gasteiger partial charge in [-0.15, -0.1) is 0 Å². The molecule has 0 aliphatic carbocycles. The molecule has 25 heavy (non-hydrogen) atoms. The summed E-state index contributed by atoms with van der Waals surface area (Å²) in [5.41, 5.74) is 1.53.